The van der Waals surface area contributed by atoms with E-state index in [0.29, 0.717) is 12.5 Å². The van der Waals surface area contributed by atoms with Gasteiger partial charge in [-0.15, -0.1) is 11.3 Å². The minimum atomic E-state index is -0.00809. The second kappa shape index (κ2) is 8.56. The van der Waals surface area contributed by atoms with Gasteiger partial charge in [-0.25, -0.2) is 4.98 Å². The van der Waals surface area contributed by atoms with E-state index < -0.39 is 0 Å². The highest BCUT2D eigenvalue weighted by Gasteiger charge is 2.25. The van der Waals surface area contributed by atoms with Crippen molar-refractivity contribution in [1.82, 2.24) is 10.3 Å². The molecule has 0 spiro atoms. The van der Waals surface area contributed by atoms with E-state index >= 15 is 0 Å². The second-order valence-electron chi connectivity index (χ2n) is 9.43. The van der Waals surface area contributed by atoms with Crippen molar-refractivity contribution in [3.63, 3.8) is 0 Å². The lowest BCUT2D eigenvalue weighted by molar-refractivity contribution is 0.0949. The molecule has 6 rings (SSSR count). The number of amides is 1. The van der Waals surface area contributed by atoms with Crippen molar-refractivity contribution in [3.8, 4) is 11.3 Å². The van der Waals surface area contributed by atoms with Gasteiger partial charge >= 0.3 is 0 Å². The normalized spacial score (nSPS) is 19.1. The van der Waals surface area contributed by atoms with Crippen molar-refractivity contribution in [2.75, 3.05) is 36.5 Å². The number of fused-ring (bicyclic) bond motifs is 5. The molecule has 4 heterocycles. The molecule has 6 nitrogen and oxygen atoms in total. The summed E-state index contributed by atoms with van der Waals surface area (Å²) in [5.74, 6) is 0.417. The molecule has 2 aromatic heterocycles. The summed E-state index contributed by atoms with van der Waals surface area (Å²) >= 11 is 1.53. The van der Waals surface area contributed by atoms with Gasteiger partial charge in [-0.3, -0.25) is 4.79 Å². The molecule has 0 aliphatic carbocycles. The van der Waals surface area contributed by atoms with Gasteiger partial charge in [0, 0.05) is 59.0 Å². The Hall–Kier alpha value is -3.16. The van der Waals surface area contributed by atoms with E-state index in [1.807, 2.05) is 6.92 Å². The number of thiophene rings is 1. The number of hydrogen-bond acceptors (Lipinski definition) is 6. The molecule has 2 aliphatic rings. The number of hydrogen-bond donors (Lipinski definition) is 3. The van der Waals surface area contributed by atoms with Crippen molar-refractivity contribution in [1.29, 1.82) is 0 Å². The van der Waals surface area contributed by atoms with Crippen LogP contribution in [-0.2, 0) is 0 Å². The van der Waals surface area contributed by atoms with Crippen LogP contribution in [0, 0.1) is 5.92 Å². The maximum absolute atomic E-state index is 12.7. The van der Waals surface area contributed by atoms with E-state index in [0.717, 1.165) is 68.7 Å². The maximum Gasteiger partial charge on any atom is 0.263 e. The van der Waals surface area contributed by atoms with Crippen LogP contribution in [0.25, 0.3) is 32.2 Å². The third kappa shape index (κ3) is 3.69. The predicted molar refractivity (Wildman–Crippen MR) is 140 cm³/mol. The number of aromatic nitrogens is 1. The SMILES string of the molecule is CC1CNc2c(sc3ccc4nc(-c5cccc(N6CCC(CO)CC6)c5)ccc4c23)C(=O)N1. The molecular weight excluding hydrogens is 444 g/mol. The molecule has 2 aliphatic heterocycles. The highest BCUT2D eigenvalue weighted by Crippen LogP contribution is 2.41. The van der Waals surface area contributed by atoms with Gasteiger partial charge in [0.1, 0.15) is 4.88 Å². The molecule has 1 amide bonds. The summed E-state index contributed by atoms with van der Waals surface area (Å²) in [6.45, 7) is 4.95. The molecule has 0 bridgehead atoms. The molecule has 1 saturated heterocycles. The number of pyridine rings is 1. The summed E-state index contributed by atoms with van der Waals surface area (Å²) in [6, 6.07) is 17.0. The average Bonchev–Trinajstić information content (AvgIpc) is 3.20. The summed E-state index contributed by atoms with van der Waals surface area (Å²) in [6.07, 6.45) is 2.06. The van der Waals surface area contributed by atoms with E-state index in [4.69, 9.17) is 4.98 Å². The number of rotatable bonds is 3. The number of aliphatic hydroxyl groups is 1. The Morgan fingerprint density at radius 2 is 2.00 bits per heavy atom. The highest BCUT2D eigenvalue weighted by atomic mass is 32.1. The summed E-state index contributed by atoms with van der Waals surface area (Å²) < 4.78 is 1.09. The Morgan fingerprint density at radius 1 is 1.15 bits per heavy atom. The van der Waals surface area contributed by atoms with Crippen molar-refractivity contribution in [3.05, 3.63) is 53.4 Å². The molecule has 34 heavy (non-hydrogen) atoms. The van der Waals surface area contributed by atoms with Gasteiger partial charge in [-0.2, -0.15) is 0 Å². The van der Waals surface area contributed by atoms with E-state index in [2.05, 4.69) is 64.1 Å². The Morgan fingerprint density at radius 3 is 2.82 bits per heavy atom. The van der Waals surface area contributed by atoms with E-state index in [9.17, 15) is 9.90 Å². The monoisotopic (exact) mass is 472 g/mol. The van der Waals surface area contributed by atoms with E-state index in [1.54, 1.807) is 0 Å². The van der Waals surface area contributed by atoms with Crippen LogP contribution in [0.2, 0.25) is 0 Å². The van der Waals surface area contributed by atoms with Crippen LogP contribution in [0.1, 0.15) is 29.4 Å². The van der Waals surface area contributed by atoms with Crippen LogP contribution in [0.15, 0.2) is 48.5 Å². The van der Waals surface area contributed by atoms with Gasteiger partial charge in [-0.1, -0.05) is 12.1 Å². The lowest BCUT2D eigenvalue weighted by Gasteiger charge is -2.33. The number of benzene rings is 2. The lowest BCUT2D eigenvalue weighted by atomic mass is 9.97. The molecule has 174 valence electrons. The number of nitrogens with zero attached hydrogens (tertiary/aromatic N) is 2. The van der Waals surface area contributed by atoms with Crippen molar-refractivity contribution in [2.45, 2.75) is 25.8 Å². The van der Waals surface area contributed by atoms with Crippen LogP contribution < -0.4 is 15.5 Å². The zero-order valence-electron chi connectivity index (χ0n) is 19.2. The van der Waals surface area contributed by atoms with Crippen molar-refractivity contribution >= 4 is 49.6 Å². The fraction of sp³-hybridized carbons (Fsp3) is 0.333. The summed E-state index contributed by atoms with van der Waals surface area (Å²) in [5, 5.41) is 18.1. The predicted octanol–water partition coefficient (Wildman–Crippen LogP) is 4.87. The van der Waals surface area contributed by atoms with Crippen LogP contribution in [0.5, 0.6) is 0 Å². The maximum atomic E-state index is 12.7. The van der Waals surface area contributed by atoms with Gasteiger partial charge < -0.3 is 20.6 Å². The molecule has 0 radical (unpaired) electrons. The first kappa shape index (κ1) is 21.4. The van der Waals surface area contributed by atoms with Gasteiger partial charge in [0.05, 0.1) is 16.9 Å². The summed E-state index contributed by atoms with van der Waals surface area (Å²) in [7, 11) is 0. The van der Waals surface area contributed by atoms with Crippen LogP contribution in [-0.4, -0.2) is 48.3 Å². The third-order valence-electron chi connectivity index (χ3n) is 7.07. The van der Waals surface area contributed by atoms with E-state index in [1.165, 1.54) is 17.0 Å². The van der Waals surface area contributed by atoms with Crippen molar-refractivity contribution in [2.24, 2.45) is 5.92 Å². The number of anilines is 2. The lowest BCUT2D eigenvalue weighted by Crippen LogP contribution is -2.34. The second-order valence-corrected chi connectivity index (χ2v) is 10.5. The highest BCUT2D eigenvalue weighted by molar-refractivity contribution is 7.21. The molecular formula is C27H28N4O2S. The Bertz CT molecular complexity index is 1390. The smallest absolute Gasteiger partial charge is 0.263 e. The molecule has 4 aromatic rings. The minimum Gasteiger partial charge on any atom is -0.396 e. The topological polar surface area (TPSA) is 77.5 Å². The molecule has 1 fully saturated rings. The Kier molecular flexibility index (Phi) is 5.38. The first-order valence-electron chi connectivity index (χ1n) is 12.0. The molecule has 0 saturated carbocycles. The quantitative estimate of drug-likeness (QED) is 0.397. The molecule has 2 aromatic carbocycles. The fourth-order valence-corrected chi connectivity index (χ4v) is 6.22. The number of carbonyl (C=O) groups is 1. The number of aliphatic hydroxyl groups excluding tert-OH is 1. The average molecular weight is 473 g/mol. The standard InChI is InChI=1S/C27H28N4O2S/c1-16-14-28-25-24-20-5-6-21(30-22(20)7-8-23(24)34-26(25)27(33)29-16)18-3-2-4-19(13-18)31-11-9-17(15-32)10-12-31/h2-8,13,16-17,28,32H,9-12,14-15H2,1H3,(H,29,33). The van der Waals surface area contributed by atoms with E-state index in [-0.39, 0.29) is 18.6 Å². The molecule has 1 unspecified atom stereocenters. The molecule has 7 heteroatoms. The summed E-state index contributed by atoms with van der Waals surface area (Å²) in [4.78, 5) is 20.8. The Balaban J connectivity index is 1.37. The zero-order chi connectivity index (χ0) is 23.2. The first-order valence-corrected chi connectivity index (χ1v) is 12.8. The first-order chi connectivity index (χ1) is 16.6. The van der Waals surface area contributed by atoms with Crippen LogP contribution >= 0.6 is 11.3 Å². The largest absolute Gasteiger partial charge is 0.396 e. The van der Waals surface area contributed by atoms with Gasteiger partial charge in [0.25, 0.3) is 5.91 Å². The fourth-order valence-electron chi connectivity index (χ4n) is 5.12. The van der Waals surface area contributed by atoms with Crippen LogP contribution in [0.4, 0.5) is 11.4 Å². The number of carbonyl (C=O) groups excluding carboxylic acids is 1. The number of piperidine rings is 1. The minimum absolute atomic E-state index is 0.00809. The van der Waals surface area contributed by atoms with Crippen molar-refractivity contribution < 1.29 is 9.90 Å². The third-order valence-corrected chi connectivity index (χ3v) is 8.22. The molecule has 1 atom stereocenters. The summed E-state index contributed by atoms with van der Waals surface area (Å²) in [5.41, 5.74) is 5.10. The van der Waals surface area contributed by atoms with Gasteiger partial charge in [0.2, 0.25) is 0 Å². The zero-order valence-corrected chi connectivity index (χ0v) is 20.0. The number of nitrogens with one attached hydrogen (secondary N) is 2. The van der Waals surface area contributed by atoms with Gasteiger partial charge in [0.15, 0.2) is 0 Å². The van der Waals surface area contributed by atoms with Crippen LogP contribution in [0.3, 0.4) is 0 Å². The van der Waals surface area contributed by atoms with Gasteiger partial charge in [-0.05, 0) is 62.1 Å². The molecule has 3 N–H and O–H groups in total. The Labute approximate surface area is 202 Å².